The Bertz CT molecular complexity index is 631. The fourth-order valence-corrected chi connectivity index (χ4v) is 2.04. The third-order valence-electron chi connectivity index (χ3n) is 3.16. The first kappa shape index (κ1) is 16.3. The molecule has 0 radical (unpaired) electrons. The minimum atomic E-state index is 0.531. The van der Waals surface area contributed by atoms with Gasteiger partial charge in [-0.1, -0.05) is 11.6 Å². The molecule has 0 spiro atoms. The van der Waals surface area contributed by atoms with Gasteiger partial charge in [0.25, 0.3) is 0 Å². The van der Waals surface area contributed by atoms with Crippen LogP contribution in [0.25, 0.3) is 0 Å². The lowest BCUT2D eigenvalue weighted by molar-refractivity contribution is 0.248. The molecule has 2 aromatic carbocycles. The number of rotatable bonds is 7. The zero-order valence-electron chi connectivity index (χ0n) is 12.8. The van der Waals surface area contributed by atoms with Crippen LogP contribution in [0, 0.1) is 6.92 Å². The summed E-state index contributed by atoms with van der Waals surface area (Å²) in [5.74, 6) is 2.18. The predicted octanol–water partition coefficient (Wildman–Crippen LogP) is 4.09. The lowest BCUT2D eigenvalue weighted by Crippen LogP contribution is -2.06. The molecule has 22 heavy (non-hydrogen) atoms. The summed E-state index contributed by atoms with van der Waals surface area (Å²) in [5.41, 5.74) is 7.45. The second-order valence-electron chi connectivity index (χ2n) is 4.87. The van der Waals surface area contributed by atoms with Gasteiger partial charge in [0.15, 0.2) is 0 Å². The molecular weight excluding hydrogens is 302 g/mol. The third kappa shape index (κ3) is 4.46. The van der Waals surface area contributed by atoms with E-state index >= 15 is 0 Å². The highest BCUT2D eigenvalue weighted by Crippen LogP contribution is 2.26. The van der Waals surface area contributed by atoms with Crippen LogP contribution in [0.5, 0.6) is 17.2 Å². The van der Waals surface area contributed by atoms with E-state index in [0.717, 1.165) is 22.8 Å². The Hall–Kier alpha value is -2.07. The van der Waals surface area contributed by atoms with Gasteiger partial charge in [-0.15, -0.1) is 0 Å². The third-order valence-corrected chi connectivity index (χ3v) is 3.59. The van der Waals surface area contributed by atoms with Gasteiger partial charge in [-0.2, -0.15) is 0 Å². The minimum absolute atomic E-state index is 0.531. The number of nitrogens with two attached hydrogens (primary N) is 1. The Balaban J connectivity index is 1.74. The number of halogens is 1. The van der Waals surface area contributed by atoms with Crippen LogP contribution in [0.3, 0.4) is 0 Å². The Morgan fingerprint density at radius 1 is 1.00 bits per heavy atom. The molecule has 0 bridgehead atoms. The summed E-state index contributed by atoms with van der Waals surface area (Å²) in [6.07, 6.45) is 0.757. The highest BCUT2D eigenvalue weighted by Gasteiger charge is 2.03. The van der Waals surface area contributed by atoms with Crippen molar-refractivity contribution in [3.8, 4) is 17.2 Å². The van der Waals surface area contributed by atoms with Gasteiger partial charge in [0, 0.05) is 17.5 Å². The monoisotopic (exact) mass is 321 g/mol. The topological polar surface area (TPSA) is 53.7 Å². The first-order chi connectivity index (χ1) is 10.6. The first-order valence-corrected chi connectivity index (χ1v) is 7.43. The molecule has 0 unspecified atom stereocenters. The average Bonchev–Trinajstić information content (AvgIpc) is 2.51. The maximum Gasteiger partial charge on any atom is 0.142 e. The summed E-state index contributed by atoms with van der Waals surface area (Å²) < 4.78 is 16.4. The quantitative estimate of drug-likeness (QED) is 0.616. The molecule has 0 atom stereocenters. The highest BCUT2D eigenvalue weighted by atomic mass is 35.5. The molecule has 0 aliphatic rings. The molecule has 0 amide bonds. The number of anilines is 1. The SMILES string of the molecule is COc1ccc(OCCCOc2ccc(Cl)c(C)c2)c(N)c1. The van der Waals surface area contributed by atoms with Crippen LogP contribution in [-0.4, -0.2) is 20.3 Å². The van der Waals surface area contributed by atoms with Crippen molar-refractivity contribution < 1.29 is 14.2 Å². The molecule has 0 aliphatic heterocycles. The standard InChI is InChI=1S/C17H20ClNO3/c1-12-10-14(4-6-15(12)18)21-8-3-9-22-17-7-5-13(20-2)11-16(17)19/h4-7,10-11H,3,8-9,19H2,1-2H3. The lowest BCUT2D eigenvalue weighted by Gasteiger charge is -2.11. The van der Waals surface area contributed by atoms with E-state index < -0.39 is 0 Å². The van der Waals surface area contributed by atoms with E-state index in [0.29, 0.717) is 30.4 Å². The van der Waals surface area contributed by atoms with Crippen LogP contribution in [0.15, 0.2) is 36.4 Å². The van der Waals surface area contributed by atoms with E-state index in [4.69, 9.17) is 31.5 Å². The van der Waals surface area contributed by atoms with Crippen molar-refractivity contribution in [1.82, 2.24) is 0 Å². The molecule has 0 fully saturated rings. The fraction of sp³-hybridized carbons (Fsp3) is 0.294. The van der Waals surface area contributed by atoms with Gasteiger partial charge in [0.05, 0.1) is 26.0 Å². The van der Waals surface area contributed by atoms with Crippen molar-refractivity contribution in [3.05, 3.63) is 47.0 Å². The summed E-state index contributed by atoms with van der Waals surface area (Å²) in [5, 5.41) is 0.741. The van der Waals surface area contributed by atoms with Crippen LogP contribution >= 0.6 is 11.6 Å². The van der Waals surface area contributed by atoms with E-state index in [9.17, 15) is 0 Å². The number of ether oxygens (including phenoxy) is 3. The largest absolute Gasteiger partial charge is 0.497 e. The fourth-order valence-electron chi connectivity index (χ4n) is 1.92. The van der Waals surface area contributed by atoms with E-state index in [2.05, 4.69) is 0 Å². The molecule has 5 heteroatoms. The van der Waals surface area contributed by atoms with Gasteiger partial charge in [0.2, 0.25) is 0 Å². The van der Waals surface area contributed by atoms with Crippen LogP contribution in [-0.2, 0) is 0 Å². The number of hydrogen-bond donors (Lipinski definition) is 1. The Morgan fingerprint density at radius 2 is 1.73 bits per heavy atom. The maximum atomic E-state index is 5.97. The van der Waals surface area contributed by atoms with E-state index in [1.54, 1.807) is 19.2 Å². The summed E-state index contributed by atoms with van der Waals surface area (Å²) in [7, 11) is 1.60. The van der Waals surface area contributed by atoms with Gasteiger partial charge in [0.1, 0.15) is 17.2 Å². The van der Waals surface area contributed by atoms with Gasteiger partial charge in [-0.05, 0) is 42.8 Å². The van der Waals surface area contributed by atoms with E-state index in [1.807, 2.05) is 31.2 Å². The summed E-state index contributed by atoms with van der Waals surface area (Å²) in [4.78, 5) is 0. The molecule has 0 saturated heterocycles. The lowest BCUT2D eigenvalue weighted by atomic mass is 10.2. The predicted molar refractivity (Wildman–Crippen MR) is 89.2 cm³/mol. The van der Waals surface area contributed by atoms with Gasteiger partial charge in [-0.25, -0.2) is 0 Å². The molecule has 2 N–H and O–H groups in total. The number of aryl methyl sites for hydroxylation is 1. The smallest absolute Gasteiger partial charge is 0.142 e. The second-order valence-corrected chi connectivity index (χ2v) is 5.27. The number of nitrogen functional groups attached to an aromatic ring is 1. The number of methoxy groups -OCH3 is 1. The Labute approximate surface area is 135 Å². The number of benzene rings is 2. The van der Waals surface area contributed by atoms with Crippen LogP contribution in [0.1, 0.15) is 12.0 Å². The first-order valence-electron chi connectivity index (χ1n) is 7.05. The Morgan fingerprint density at radius 3 is 2.41 bits per heavy atom. The van der Waals surface area contributed by atoms with Crippen LogP contribution < -0.4 is 19.9 Å². The molecule has 0 aliphatic carbocycles. The van der Waals surface area contributed by atoms with Crippen molar-refractivity contribution in [2.45, 2.75) is 13.3 Å². The average molecular weight is 322 g/mol. The van der Waals surface area contributed by atoms with Crippen molar-refractivity contribution >= 4 is 17.3 Å². The van der Waals surface area contributed by atoms with Gasteiger partial charge < -0.3 is 19.9 Å². The van der Waals surface area contributed by atoms with Crippen LogP contribution in [0.2, 0.25) is 5.02 Å². The van der Waals surface area contributed by atoms with E-state index in [1.165, 1.54) is 0 Å². The van der Waals surface area contributed by atoms with Crippen molar-refractivity contribution in [3.63, 3.8) is 0 Å². The van der Waals surface area contributed by atoms with E-state index in [-0.39, 0.29) is 0 Å². The maximum absolute atomic E-state index is 5.97. The van der Waals surface area contributed by atoms with Gasteiger partial charge in [-0.3, -0.25) is 0 Å². The number of hydrogen-bond acceptors (Lipinski definition) is 4. The second kappa shape index (κ2) is 7.80. The zero-order valence-corrected chi connectivity index (χ0v) is 13.5. The van der Waals surface area contributed by atoms with Crippen molar-refractivity contribution in [1.29, 1.82) is 0 Å². The van der Waals surface area contributed by atoms with Crippen LogP contribution in [0.4, 0.5) is 5.69 Å². The summed E-state index contributed by atoms with van der Waals surface area (Å²) in [6.45, 7) is 3.05. The molecule has 0 saturated carbocycles. The normalized spacial score (nSPS) is 10.3. The molecular formula is C17H20ClNO3. The minimum Gasteiger partial charge on any atom is -0.497 e. The summed E-state index contributed by atoms with van der Waals surface area (Å²) in [6, 6.07) is 11.0. The zero-order chi connectivity index (χ0) is 15.9. The highest BCUT2D eigenvalue weighted by molar-refractivity contribution is 6.31. The Kier molecular flexibility index (Phi) is 5.78. The molecule has 2 aromatic rings. The molecule has 2 rings (SSSR count). The molecule has 0 aromatic heterocycles. The molecule has 4 nitrogen and oxygen atoms in total. The van der Waals surface area contributed by atoms with Crippen molar-refractivity contribution in [2.24, 2.45) is 0 Å². The molecule has 0 heterocycles. The van der Waals surface area contributed by atoms with Gasteiger partial charge >= 0.3 is 0 Å². The summed E-state index contributed by atoms with van der Waals surface area (Å²) >= 11 is 5.97. The van der Waals surface area contributed by atoms with Crippen molar-refractivity contribution in [2.75, 3.05) is 26.1 Å². The molecule has 118 valence electrons.